The third kappa shape index (κ3) is 7.05. The van der Waals surface area contributed by atoms with Crippen LogP contribution in [0.4, 0.5) is 15.3 Å². The van der Waals surface area contributed by atoms with Crippen molar-refractivity contribution in [1.29, 1.82) is 0 Å². The maximum absolute atomic E-state index is 14.0. The number of likely N-dealkylation sites (tertiary alicyclic amines) is 2. The normalized spacial score (nSPS) is 21.0. The number of amides is 5. The summed E-state index contributed by atoms with van der Waals surface area (Å²) in [5.41, 5.74) is 4.09. The molecule has 0 aromatic heterocycles. The molecule has 0 saturated carbocycles. The number of hydrogen-bond donors (Lipinski definition) is 2. The predicted molar refractivity (Wildman–Crippen MR) is 174 cm³/mol. The maximum Gasteiger partial charge on any atom is 0.322 e. The van der Waals surface area contributed by atoms with Gasteiger partial charge in [0.15, 0.2) is 0 Å². The van der Waals surface area contributed by atoms with Gasteiger partial charge < -0.3 is 25.3 Å². The largest absolute Gasteiger partial charge is 0.341 e. The van der Waals surface area contributed by atoms with Gasteiger partial charge in [-0.1, -0.05) is 46.3 Å². The maximum atomic E-state index is 14.0. The van der Waals surface area contributed by atoms with E-state index in [1.807, 2.05) is 53.1 Å². The molecule has 6 rings (SSSR count). The van der Waals surface area contributed by atoms with Gasteiger partial charge in [0.05, 0.1) is 0 Å². The van der Waals surface area contributed by atoms with E-state index in [2.05, 4.69) is 42.8 Å². The number of nitrogens with one attached hydrogen (secondary N) is 2. The van der Waals surface area contributed by atoms with Crippen LogP contribution in [0.1, 0.15) is 42.4 Å². The third-order valence-corrected chi connectivity index (χ3v) is 10.6. The molecule has 4 aliphatic heterocycles. The van der Waals surface area contributed by atoms with Crippen molar-refractivity contribution in [3.8, 4) is 0 Å². The van der Waals surface area contributed by atoms with Crippen molar-refractivity contribution in [2.24, 2.45) is 0 Å². The van der Waals surface area contributed by atoms with Crippen LogP contribution < -0.4 is 16.0 Å². The minimum atomic E-state index is -0.643. The number of rotatable bonds is 6. The molecule has 4 aliphatic rings. The van der Waals surface area contributed by atoms with Crippen molar-refractivity contribution in [3.63, 3.8) is 0 Å². The number of fused-ring (bicyclic) bond motifs is 1. The summed E-state index contributed by atoms with van der Waals surface area (Å²) in [6, 6.07) is 13.6. The van der Waals surface area contributed by atoms with Crippen LogP contribution >= 0.6 is 15.9 Å². The summed E-state index contributed by atoms with van der Waals surface area (Å²) in [6.45, 7) is 8.90. The first-order chi connectivity index (χ1) is 21.4. The second-order valence-electron chi connectivity index (χ2n) is 12.5. The number of carbonyl (C=O) groups is 3. The fourth-order valence-electron chi connectivity index (χ4n) is 7.07. The highest BCUT2D eigenvalue weighted by atomic mass is 79.9. The van der Waals surface area contributed by atoms with Crippen LogP contribution in [0.5, 0.6) is 0 Å². The van der Waals surface area contributed by atoms with E-state index < -0.39 is 6.04 Å². The predicted octanol–water partition coefficient (Wildman–Crippen LogP) is 3.80. The zero-order valence-electron chi connectivity index (χ0n) is 25.5. The van der Waals surface area contributed by atoms with Gasteiger partial charge in [-0.25, -0.2) is 14.9 Å². The van der Waals surface area contributed by atoms with Crippen LogP contribution in [-0.4, -0.2) is 108 Å². The van der Waals surface area contributed by atoms with E-state index in [1.165, 1.54) is 0 Å². The van der Waals surface area contributed by atoms with Gasteiger partial charge in [0.25, 0.3) is 0 Å². The summed E-state index contributed by atoms with van der Waals surface area (Å²) in [5, 5.41) is 10.6. The molecule has 1 atom stereocenters. The Labute approximate surface area is 268 Å². The molecule has 4 heterocycles. The highest BCUT2D eigenvalue weighted by Crippen LogP contribution is 2.28. The molecule has 11 heteroatoms. The first-order valence-corrected chi connectivity index (χ1v) is 16.8. The van der Waals surface area contributed by atoms with Crippen LogP contribution in [0.3, 0.4) is 0 Å². The quantitative estimate of drug-likeness (QED) is 0.491. The second kappa shape index (κ2) is 13.9. The fourth-order valence-corrected chi connectivity index (χ4v) is 7.31. The first kappa shape index (κ1) is 30.9. The first-order valence-electron chi connectivity index (χ1n) is 16.0. The minimum absolute atomic E-state index is 0.00967. The Balaban J connectivity index is 1.08. The van der Waals surface area contributed by atoms with E-state index in [-0.39, 0.29) is 24.0 Å². The number of nitrogens with zero attached hydrogens (tertiary/aromatic N) is 5. The third-order valence-electron chi connectivity index (χ3n) is 9.69. The Hall–Kier alpha value is -3.15. The molecule has 2 N–H and O–H groups in total. The van der Waals surface area contributed by atoms with Crippen molar-refractivity contribution < 1.29 is 14.4 Å². The molecule has 2 aromatic rings. The van der Waals surface area contributed by atoms with E-state index in [0.717, 1.165) is 65.9 Å². The lowest BCUT2D eigenvalue weighted by Gasteiger charge is -2.42. The molecule has 235 valence electrons. The summed E-state index contributed by atoms with van der Waals surface area (Å²) < 4.78 is 1.02. The van der Waals surface area contributed by atoms with Gasteiger partial charge in [0.2, 0.25) is 5.91 Å². The average Bonchev–Trinajstić information content (AvgIpc) is 3.06. The highest BCUT2D eigenvalue weighted by molar-refractivity contribution is 9.10. The topological polar surface area (TPSA) is 102 Å². The summed E-state index contributed by atoms with van der Waals surface area (Å²) in [5.74, 6) is -0.00967. The lowest BCUT2D eigenvalue weighted by Crippen LogP contribution is -2.58. The molecule has 10 nitrogen and oxygen atoms in total. The van der Waals surface area contributed by atoms with Crippen molar-refractivity contribution in [2.45, 2.75) is 63.7 Å². The van der Waals surface area contributed by atoms with Gasteiger partial charge in [0.1, 0.15) is 6.04 Å². The molecule has 5 amide bonds. The van der Waals surface area contributed by atoms with E-state index in [0.29, 0.717) is 58.0 Å². The SMILES string of the molecule is Cc1cc(CC(NC(=O)N2CCC(N3Cc4ccccc4NC3=O)CC2)C(=O)N2CCC(N3CC[N]CC3)CC2)ccc1Br. The summed E-state index contributed by atoms with van der Waals surface area (Å²) in [7, 11) is 0. The van der Waals surface area contributed by atoms with Gasteiger partial charge >= 0.3 is 12.1 Å². The number of para-hydroxylation sites is 1. The molecular formula is C33H43BrN7O3. The molecule has 44 heavy (non-hydrogen) atoms. The van der Waals surface area contributed by atoms with Crippen molar-refractivity contribution >= 4 is 39.6 Å². The second-order valence-corrected chi connectivity index (χ2v) is 13.3. The Morgan fingerprint density at radius 1 is 0.955 bits per heavy atom. The summed E-state index contributed by atoms with van der Waals surface area (Å²) in [4.78, 5) is 48.6. The number of aryl methyl sites for hydroxylation is 1. The lowest BCUT2D eigenvalue weighted by molar-refractivity contribution is -0.134. The van der Waals surface area contributed by atoms with Gasteiger partial charge in [0, 0.05) is 87.6 Å². The smallest absolute Gasteiger partial charge is 0.322 e. The van der Waals surface area contributed by atoms with Gasteiger partial charge in [-0.2, -0.15) is 0 Å². The zero-order valence-corrected chi connectivity index (χ0v) is 27.1. The molecule has 2 aromatic carbocycles. The molecule has 0 spiro atoms. The Morgan fingerprint density at radius 3 is 2.36 bits per heavy atom. The van der Waals surface area contributed by atoms with Crippen LogP contribution in [0.2, 0.25) is 0 Å². The summed E-state index contributed by atoms with van der Waals surface area (Å²) >= 11 is 3.57. The number of piperazine rings is 1. The fraction of sp³-hybridized carbons (Fsp3) is 0.545. The standard InChI is InChI=1S/C33H43BrN7O3/c1-23-20-24(6-7-28(23)34)21-30(31(42)39-14-8-26(9-15-39)38-18-12-35-13-19-38)37-32(43)40-16-10-27(11-17-40)41-22-25-4-2-3-5-29(25)36-33(41)44/h2-7,20,26-27,30H,8-19,21-22H2,1H3,(H,36,44)(H,37,43). The zero-order chi connectivity index (χ0) is 30.6. The van der Waals surface area contributed by atoms with E-state index >= 15 is 0 Å². The molecule has 3 fully saturated rings. The molecule has 3 saturated heterocycles. The Kier molecular flexibility index (Phi) is 9.73. The van der Waals surface area contributed by atoms with E-state index in [1.54, 1.807) is 4.90 Å². The number of halogens is 1. The Bertz CT molecular complexity index is 1350. The van der Waals surface area contributed by atoms with Crippen LogP contribution in [0, 0.1) is 6.92 Å². The van der Waals surface area contributed by atoms with Gasteiger partial charge in [-0.05, 0) is 61.4 Å². The van der Waals surface area contributed by atoms with Gasteiger partial charge in [-0.3, -0.25) is 9.69 Å². The lowest BCUT2D eigenvalue weighted by atomic mass is 9.99. The summed E-state index contributed by atoms with van der Waals surface area (Å²) in [6.07, 6.45) is 3.74. The number of anilines is 1. The number of carbonyl (C=O) groups excluding carboxylic acids is 3. The minimum Gasteiger partial charge on any atom is -0.341 e. The van der Waals surface area contributed by atoms with E-state index in [9.17, 15) is 14.4 Å². The number of urea groups is 2. The van der Waals surface area contributed by atoms with Gasteiger partial charge in [-0.15, -0.1) is 0 Å². The highest BCUT2D eigenvalue weighted by Gasteiger charge is 2.35. The average molecular weight is 666 g/mol. The number of hydrogen-bond acceptors (Lipinski definition) is 4. The van der Waals surface area contributed by atoms with E-state index in [4.69, 9.17) is 0 Å². The monoisotopic (exact) mass is 664 g/mol. The van der Waals surface area contributed by atoms with Crippen molar-refractivity contribution in [2.75, 3.05) is 57.7 Å². The molecule has 0 aliphatic carbocycles. The van der Waals surface area contributed by atoms with Crippen LogP contribution in [-0.2, 0) is 17.8 Å². The number of piperidine rings is 2. The molecule has 1 radical (unpaired) electrons. The molecule has 1 unspecified atom stereocenters. The van der Waals surface area contributed by atoms with Crippen LogP contribution in [0.25, 0.3) is 0 Å². The van der Waals surface area contributed by atoms with Crippen molar-refractivity contribution in [1.82, 2.24) is 30.2 Å². The number of benzene rings is 2. The van der Waals surface area contributed by atoms with Crippen molar-refractivity contribution in [3.05, 3.63) is 63.6 Å². The molecule has 0 bridgehead atoms. The van der Waals surface area contributed by atoms with Crippen LogP contribution in [0.15, 0.2) is 46.9 Å². The molecular weight excluding hydrogens is 622 g/mol. The Morgan fingerprint density at radius 2 is 1.64 bits per heavy atom.